The van der Waals surface area contributed by atoms with Crippen molar-refractivity contribution in [3.8, 4) is 11.4 Å². The van der Waals surface area contributed by atoms with Gasteiger partial charge in [0.15, 0.2) is 0 Å². The van der Waals surface area contributed by atoms with Crippen LogP contribution in [0.5, 0.6) is 0 Å². The largest absolute Gasteiger partial charge is 0.462 e. The highest BCUT2D eigenvalue weighted by Gasteiger charge is 2.19. The van der Waals surface area contributed by atoms with Gasteiger partial charge in [0, 0.05) is 29.8 Å². The van der Waals surface area contributed by atoms with Crippen LogP contribution < -0.4 is 10.9 Å². The predicted molar refractivity (Wildman–Crippen MR) is 120 cm³/mol. The third kappa shape index (κ3) is 5.50. The SMILES string of the molecule is CCOC(=O)c1ccccc1NC(=O)Cn1c(-c2cccc(F)c2)nc(C)c(CCO)c1=O. The Morgan fingerprint density at radius 3 is 2.64 bits per heavy atom. The van der Waals surface area contributed by atoms with Crippen molar-refractivity contribution in [2.24, 2.45) is 0 Å². The minimum atomic E-state index is -0.591. The van der Waals surface area contributed by atoms with E-state index in [1.54, 1.807) is 38.1 Å². The third-order valence-electron chi connectivity index (χ3n) is 4.91. The molecule has 0 saturated carbocycles. The van der Waals surface area contributed by atoms with E-state index in [2.05, 4.69) is 10.3 Å². The highest BCUT2D eigenvalue weighted by molar-refractivity contribution is 6.01. The number of aliphatic hydroxyl groups excluding tert-OH is 1. The standard InChI is InChI=1S/C24H24FN3O5/c1-3-33-24(32)19-9-4-5-10-20(19)27-21(30)14-28-22(16-7-6-8-17(25)13-16)26-15(2)18(11-12-29)23(28)31/h4-10,13,29H,3,11-12,14H2,1-2H3,(H,27,30). The Morgan fingerprint density at radius 2 is 1.94 bits per heavy atom. The fourth-order valence-electron chi connectivity index (χ4n) is 3.41. The molecule has 0 aliphatic carbocycles. The van der Waals surface area contributed by atoms with E-state index in [1.165, 1.54) is 24.3 Å². The fraction of sp³-hybridized carbons (Fsp3) is 0.250. The van der Waals surface area contributed by atoms with Gasteiger partial charge in [-0.25, -0.2) is 14.2 Å². The van der Waals surface area contributed by atoms with Crippen LogP contribution in [0.4, 0.5) is 10.1 Å². The number of anilines is 1. The maximum Gasteiger partial charge on any atom is 0.340 e. The number of benzene rings is 2. The minimum Gasteiger partial charge on any atom is -0.462 e. The van der Waals surface area contributed by atoms with Gasteiger partial charge in [0.1, 0.15) is 18.2 Å². The van der Waals surface area contributed by atoms with Crippen molar-refractivity contribution in [2.45, 2.75) is 26.8 Å². The van der Waals surface area contributed by atoms with Gasteiger partial charge in [0.2, 0.25) is 5.91 Å². The van der Waals surface area contributed by atoms with Crippen LogP contribution in [0.2, 0.25) is 0 Å². The number of halogens is 1. The molecule has 0 fully saturated rings. The molecule has 0 unspecified atom stereocenters. The lowest BCUT2D eigenvalue weighted by atomic mass is 10.1. The number of carbonyl (C=O) groups is 2. The number of hydrogen-bond acceptors (Lipinski definition) is 6. The van der Waals surface area contributed by atoms with E-state index in [1.807, 2.05) is 0 Å². The molecule has 1 aromatic heterocycles. The summed E-state index contributed by atoms with van der Waals surface area (Å²) >= 11 is 0. The van der Waals surface area contributed by atoms with Crippen molar-refractivity contribution in [1.82, 2.24) is 9.55 Å². The van der Waals surface area contributed by atoms with Crippen LogP contribution in [0.3, 0.4) is 0 Å². The first-order valence-corrected chi connectivity index (χ1v) is 10.4. The summed E-state index contributed by atoms with van der Waals surface area (Å²) in [5.74, 6) is -1.58. The summed E-state index contributed by atoms with van der Waals surface area (Å²) in [6.07, 6.45) is 0.0639. The van der Waals surface area contributed by atoms with Gasteiger partial charge in [0.25, 0.3) is 5.56 Å². The average molecular weight is 453 g/mol. The van der Waals surface area contributed by atoms with Crippen LogP contribution in [0, 0.1) is 12.7 Å². The highest BCUT2D eigenvalue weighted by atomic mass is 19.1. The second-order valence-corrected chi connectivity index (χ2v) is 7.19. The van der Waals surface area contributed by atoms with Gasteiger partial charge in [-0.1, -0.05) is 24.3 Å². The van der Waals surface area contributed by atoms with Gasteiger partial charge >= 0.3 is 5.97 Å². The van der Waals surface area contributed by atoms with E-state index >= 15 is 0 Å². The lowest BCUT2D eigenvalue weighted by molar-refractivity contribution is -0.116. The quantitative estimate of drug-likeness (QED) is 0.508. The summed E-state index contributed by atoms with van der Waals surface area (Å²) < 4.78 is 20.0. The lowest BCUT2D eigenvalue weighted by Crippen LogP contribution is -2.33. The van der Waals surface area contributed by atoms with E-state index in [0.29, 0.717) is 11.3 Å². The Bertz CT molecular complexity index is 1240. The van der Waals surface area contributed by atoms with E-state index < -0.39 is 29.8 Å². The molecule has 8 nitrogen and oxygen atoms in total. The van der Waals surface area contributed by atoms with Gasteiger partial charge in [0.05, 0.1) is 17.9 Å². The first-order chi connectivity index (χ1) is 15.8. The van der Waals surface area contributed by atoms with Crippen LogP contribution >= 0.6 is 0 Å². The summed E-state index contributed by atoms with van der Waals surface area (Å²) in [6.45, 7) is 2.77. The second kappa shape index (κ2) is 10.6. The summed E-state index contributed by atoms with van der Waals surface area (Å²) in [6, 6.07) is 11.9. The van der Waals surface area contributed by atoms with Crippen molar-refractivity contribution >= 4 is 17.6 Å². The summed E-state index contributed by atoms with van der Waals surface area (Å²) in [5, 5.41) is 12.0. The van der Waals surface area contributed by atoms with Crippen molar-refractivity contribution in [3.63, 3.8) is 0 Å². The summed E-state index contributed by atoms with van der Waals surface area (Å²) in [7, 11) is 0. The molecule has 3 rings (SSSR count). The van der Waals surface area contributed by atoms with E-state index in [-0.39, 0.29) is 42.3 Å². The van der Waals surface area contributed by atoms with Crippen molar-refractivity contribution in [1.29, 1.82) is 0 Å². The van der Waals surface area contributed by atoms with E-state index in [0.717, 1.165) is 4.57 Å². The zero-order chi connectivity index (χ0) is 24.0. The Kier molecular flexibility index (Phi) is 7.68. The smallest absolute Gasteiger partial charge is 0.340 e. The van der Waals surface area contributed by atoms with Gasteiger partial charge in [-0.05, 0) is 38.1 Å². The molecule has 0 aliphatic rings. The molecular weight excluding hydrogens is 429 g/mol. The lowest BCUT2D eigenvalue weighted by Gasteiger charge is -2.16. The number of esters is 1. The Hall–Kier alpha value is -3.85. The molecule has 0 atom stereocenters. The zero-order valence-electron chi connectivity index (χ0n) is 18.3. The topological polar surface area (TPSA) is 111 Å². The molecule has 2 N–H and O–H groups in total. The van der Waals surface area contributed by atoms with Crippen LogP contribution in [0.25, 0.3) is 11.4 Å². The number of para-hydroxylation sites is 1. The highest BCUT2D eigenvalue weighted by Crippen LogP contribution is 2.20. The molecule has 0 radical (unpaired) electrons. The molecule has 3 aromatic rings. The molecule has 0 saturated heterocycles. The monoisotopic (exact) mass is 453 g/mol. The fourth-order valence-corrected chi connectivity index (χ4v) is 3.41. The molecule has 1 heterocycles. The minimum absolute atomic E-state index is 0.0639. The predicted octanol–water partition coefficient (Wildman–Crippen LogP) is 2.71. The number of nitrogens with one attached hydrogen (secondary N) is 1. The number of ether oxygens (including phenoxy) is 1. The number of hydrogen-bond donors (Lipinski definition) is 2. The van der Waals surface area contributed by atoms with Gasteiger partial charge in [-0.15, -0.1) is 0 Å². The molecule has 0 bridgehead atoms. The van der Waals surface area contributed by atoms with Gasteiger partial charge in [-0.2, -0.15) is 0 Å². The van der Waals surface area contributed by atoms with Crippen molar-refractivity contribution < 1.29 is 23.8 Å². The molecule has 9 heteroatoms. The van der Waals surface area contributed by atoms with Crippen molar-refractivity contribution in [3.05, 3.63) is 81.5 Å². The Balaban J connectivity index is 2.01. The molecular formula is C24H24FN3O5. The molecule has 2 aromatic carbocycles. The maximum atomic E-state index is 13.8. The maximum absolute atomic E-state index is 13.8. The summed E-state index contributed by atoms with van der Waals surface area (Å²) in [5.41, 5.74) is 0.871. The molecule has 33 heavy (non-hydrogen) atoms. The van der Waals surface area contributed by atoms with Crippen LogP contribution in [-0.2, 0) is 22.5 Å². The van der Waals surface area contributed by atoms with Gasteiger partial charge in [-0.3, -0.25) is 14.2 Å². The Labute approximate surface area is 189 Å². The van der Waals surface area contributed by atoms with Crippen molar-refractivity contribution in [2.75, 3.05) is 18.5 Å². The number of carbonyl (C=O) groups excluding carboxylic acids is 2. The first-order valence-electron chi connectivity index (χ1n) is 10.4. The Morgan fingerprint density at radius 1 is 1.18 bits per heavy atom. The van der Waals surface area contributed by atoms with Crippen LogP contribution in [0.1, 0.15) is 28.5 Å². The van der Waals surface area contributed by atoms with E-state index in [4.69, 9.17) is 4.74 Å². The number of aryl methyl sites for hydroxylation is 1. The average Bonchev–Trinajstić information content (AvgIpc) is 2.79. The summed E-state index contributed by atoms with van der Waals surface area (Å²) in [4.78, 5) is 42.7. The van der Waals surface area contributed by atoms with E-state index in [9.17, 15) is 23.9 Å². The van der Waals surface area contributed by atoms with Crippen LogP contribution in [-0.4, -0.2) is 39.7 Å². The van der Waals surface area contributed by atoms with Gasteiger partial charge < -0.3 is 15.2 Å². The number of aromatic nitrogens is 2. The molecule has 0 aliphatic heterocycles. The first kappa shape index (κ1) is 23.8. The number of rotatable bonds is 8. The molecule has 0 spiro atoms. The number of amides is 1. The number of aliphatic hydroxyl groups is 1. The zero-order valence-corrected chi connectivity index (χ0v) is 18.3. The molecule has 1 amide bonds. The number of nitrogens with zero attached hydrogens (tertiary/aromatic N) is 2. The molecule has 172 valence electrons. The third-order valence-corrected chi connectivity index (χ3v) is 4.91. The normalized spacial score (nSPS) is 10.7. The van der Waals surface area contributed by atoms with Crippen LogP contribution in [0.15, 0.2) is 53.3 Å². The second-order valence-electron chi connectivity index (χ2n) is 7.19.